The molecule has 4 atom stereocenters. The number of aromatic amines is 1. The van der Waals surface area contributed by atoms with E-state index >= 15 is 0 Å². The molecule has 292 valence electrons. The number of likely N-dealkylation sites (tertiary alicyclic amines) is 1. The van der Waals surface area contributed by atoms with Crippen molar-refractivity contribution < 1.29 is 29.1 Å². The van der Waals surface area contributed by atoms with Crippen LogP contribution in [0.15, 0.2) is 85.2 Å². The Kier molecular flexibility index (Phi) is 14.4. The van der Waals surface area contributed by atoms with Gasteiger partial charge < -0.3 is 35.8 Å². The molecular weight excluding hydrogens is 699 g/mol. The van der Waals surface area contributed by atoms with Gasteiger partial charge in [0, 0.05) is 68.4 Å². The summed E-state index contributed by atoms with van der Waals surface area (Å²) < 4.78 is 0. The van der Waals surface area contributed by atoms with Crippen LogP contribution in [0.1, 0.15) is 62.8 Å². The van der Waals surface area contributed by atoms with Gasteiger partial charge in [-0.15, -0.1) is 0 Å². The molecule has 5 N–H and O–H groups in total. The lowest BCUT2D eigenvalue weighted by atomic mass is 9.99. The van der Waals surface area contributed by atoms with Crippen molar-refractivity contribution in [2.45, 2.75) is 89.4 Å². The van der Waals surface area contributed by atoms with E-state index in [-0.39, 0.29) is 31.2 Å². The SMILES string of the molecule is CC(C)C[C@@H](NC(=O)N1CCCCCC1)C(=O)N(C)[C@@H](Cc1c[nH]c2ccccc12)C(=O)N[C@H](Cc1ccccn1)C(=O)N[C@@H](Cc1ccccc1)C(=O)O. The number of benzene rings is 2. The molecule has 5 rings (SSSR count). The van der Waals surface area contributed by atoms with Crippen molar-refractivity contribution >= 4 is 40.6 Å². The monoisotopic (exact) mass is 751 g/mol. The van der Waals surface area contributed by atoms with Crippen LogP contribution < -0.4 is 16.0 Å². The number of aliphatic carboxylic acids is 1. The Morgan fingerprint density at radius 3 is 2.13 bits per heavy atom. The third-order valence-electron chi connectivity index (χ3n) is 10.1. The summed E-state index contributed by atoms with van der Waals surface area (Å²) in [6.45, 7) is 5.17. The number of fused-ring (bicyclic) bond motifs is 1. The summed E-state index contributed by atoms with van der Waals surface area (Å²) in [7, 11) is 1.54. The Bertz CT molecular complexity index is 1890. The Hall–Kier alpha value is -5.72. The van der Waals surface area contributed by atoms with Gasteiger partial charge in [0.25, 0.3) is 0 Å². The first-order valence-electron chi connectivity index (χ1n) is 19.1. The topological polar surface area (TPSA) is 177 Å². The minimum absolute atomic E-state index is 0.0323. The second kappa shape index (κ2) is 19.6. The van der Waals surface area contributed by atoms with Crippen LogP contribution in [0.5, 0.6) is 0 Å². The molecule has 4 aromatic rings. The van der Waals surface area contributed by atoms with E-state index in [9.17, 15) is 29.1 Å². The number of nitrogens with one attached hydrogen (secondary N) is 4. The lowest BCUT2D eigenvalue weighted by Crippen LogP contribution is -2.59. The molecule has 1 saturated heterocycles. The molecule has 0 saturated carbocycles. The second-order valence-electron chi connectivity index (χ2n) is 14.7. The zero-order valence-electron chi connectivity index (χ0n) is 31.9. The van der Waals surface area contributed by atoms with E-state index in [1.165, 1.54) is 4.90 Å². The average molecular weight is 752 g/mol. The highest BCUT2D eigenvalue weighted by Crippen LogP contribution is 2.22. The maximum Gasteiger partial charge on any atom is 0.326 e. The molecule has 2 aromatic carbocycles. The first-order chi connectivity index (χ1) is 26.5. The standard InChI is InChI=1S/C42H53N7O6/c1-28(2)23-35(47-42(55)49-21-13-4-5-14-22-49)40(52)48(3)37(25-30-27-44-33-19-10-9-18-32(30)33)39(51)45-34(26-31-17-11-12-20-43-31)38(50)46-36(41(53)54)24-29-15-7-6-8-16-29/h6-12,15-20,27-28,34-37,44H,4-5,13-14,21-26H2,1-3H3,(H,45,51)(H,46,50)(H,47,55)(H,53,54)/t34-,35-,36+,37+/m1/s1. The lowest BCUT2D eigenvalue weighted by molar-refractivity contribution is -0.143. The summed E-state index contributed by atoms with van der Waals surface area (Å²) in [5.41, 5.74) is 2.87. The predicted octanol–water partition coefficient (Wildman–Crippen LogP) is 4.47. The molecule has 13 nitrogen and oxygen atoms in total. The minimum atomic E-state index is -1.27. The number of rotatable bonds is 16. The van der Waals surface area contributed by atoms with E-state index in [0.29, 0.717) is 25.2 Å². The summed E-state index contributed by atoms with van der Waals surface area (Å²) in [5, 5.41) is 19.4. The van der Waals surface area contributed by atoms with Gasteiger partial charge in [-0.3, -0.25) is 19.4 Å². The van der Waals surface area contributed by atoms with E-state index < -0.39 is 47.9 Å². The number of amides is 5. The highest BCUT2D eigenvalue weighted by molar-refractivity contribution is 5.95. The van der Waals surface area contributed by atoms with Crippen molar-refractivity contribution in [2.75, 3.05) is 20.1 Å². The summed E-state index contributed by atoms with van der Waals surface area (Å²) in [6, 6.07) is 17.0. The summed E-state index contributed by atoms with van der Waals surface area (Å²) in [5.74, 6) is -2.92. The molecule has 3 heterocycles. The summed E-state index contributed by atoms with van der Waals surface area (Å²) >= 11 is 0. The van der Waals surface area contributed by atoms with Gasteiger partial charge in [0.2, 0.25) is 17.7 Å². The van der Waals surface area contributed by atoms with E-state index in [4.69, 9.17) is 0 Å². The number of likely N-dealkylation sites (N-methyl/N-ethyl adjacent to an activating group) is 1. The van der Waals surface area contributed by atoms with Crippen LogP contribution in [-0.2, 0) is 38.4 Å². The molecule has 55 heavy (non-hydrogen) atoms. The fraction of sp³-hybridized carbons (Fsp3) is 0.429. The van der Waals surface area contributed by atoms with E-state index in [1.54, 1.807) is 66.8 Å². The highest BCUT2D eigenvalue weighted by atomic mass is 16.4. The van der Waals surface area contributed by atoms with Gasteiger partial charge in [-0.05, 0) is 54.5 Å². The molecule has 0 unspecified atom stereocenters. The molecule has 1 fully saturated rings. The molecule has 1 aliphatic rings. The Morgan fingerprint density at radius 1 is 0.782 bits per heavy atom. The molecule has 13 heteroatoms. The largest absolute Gasteiger partial charge is 0.480 e. The second-order valence-corrected chi connectivity index (χ2v) is 14.7. The zero-order valence-corrected chi connectivity index (χ0v) is 31.9. The van der Waals surface area contributed by atoms with Crippen molar-refractivity contribution in [3.63, 3.8) is 0 Å². The van der Waals surface area contributed by atoms with Crippen molar-refractivity contribution in [2.24, 2.45) is 5.92 Å². The van der Waals surface area contributed by atoms with Gasteiger partial charge in [-0.1, -0.05) is 81.3 Å². The van der Waals surface area contributed by atoms with Crippen LogP contribution in [0.4, 0.5) is 4.79 Å². The molecule has 0 spiro atoms. The molecule has 2 aromatic heterocycles. The molecule has 5 amide bonds. The summed E-state index contributed by atoms with van der Waals surface area (Å²) in [4.78, 5) is 79.6. The van der Waals surface area contributed by atoms with Gasteiger partial charge in [0.15, 0.2) is 0 Å². The number of pyridine rings is 1. The molecular formula is C42H53N7O6. The number of nitrogens with zero attached hydrogens (tertiary/aromatic N) is 3. The Morgan fingerprint density at radius 2 is 1.45 bits per heavy atom. The number of hydrogen-bond donors (Lipinski definition) is 5. The van der Waals surface area contributed by atoms with Crippen molar-refractivity contribution in [3.05, 3.63) is 102 Å². The number of carboxylic acids is 1. The number of H-pyrrole nitrogens is 1. The van der Waals surface area contributed by atoms with Gasteiger partial charge in [-0.25, -0.2) is 9.59 Å². The van der Waals surface area contributed by atoms with Crippen molar-refractivity contribution in [1.82, 2.24) is 35.7 Å². The van der Waals surface area contributed by atoms with Crippen molar-refractivity contribution in [1.29, 1.82) is 0 Å². The normalized spacial score (nSPS) is 15.3. The fourth-order valence-electron chi connectivity index (χ4n) is 7.05. The van der Waals surface area contributed by atoms with Crippen LogP contribution in [0, 0.1) is 5.92 Å². The number of carbonyl (C=O) groups is 5. The maximum absolute atomic E-state index is 14.6. The maximum atomic E-state index is 14.6. The molecule has 0 bridgehead atoms. The van der Waals surface area contributed by atoms with E-state index in [2.05, 4.69) is 25.9 Å². The Balaban J connectivity index is 1.44. The first kappa shape index (κ1) is 40.5. The third kappa shape index (κ3) is 11.4. The van der Waals surface area contributed by atoms with Crippen LogP contribution in [0.2, 0.25) is 0 Å². The predicted molar refractivity (Wildman–Crippen MR) is 210 cm³/mol. The van der Waals surface area contributed by atoms with E-state index in [0.717, 1.165) is 47.7 Å². The van der Waals surface area contributed by atoms with Gasteiger partial charge in [-0.2, -0.15) is 0 Å². The number of carbonyl (C=O) groups excluding carboxylic acids is 4. The van der Waals surface area contributed by atoms with Gasteiger partial charge in [0.05, 0.1) is 0 Å². The van der Waals surface area contributed by atoms with Crippen LogP contribution in [0.25, 0.3) is 10.9 Å². The van der Waals surface area contributed by atoms with Crippen molar-refractivity contribution in [3.8, 4) is 0 Å². The Labute approximate surface area is 322 Å². The smallest absolute Gasteiger partial charge is 0.326 e. The number of para-hydroxylation sites is 1. The average Bonchev–Trinajstić information content (AvgIpc) is 3.38. The lowest BCUT2D eigenvalue weighted by Gasteiger charge is -2.33. The molecule has 0 aliphatic carbocycles. The van der Waals surface area contributed by atoms with E-state index in [1.807, 2.05) is 44.2 Å². The number of aromatic nitrogens is 2. The third-order valence-corrected chi connectivity index (χ3v) is 10.1. The minimum Gasteiger partial charge on any atom is -0.480 e. The number of carboxylic acid groups (broad SMARTS) is 1. The van der Waals surface area contributed by atoms with Crippen LogP contribution in [-0.4, -0.2) is 98.9 Å². The number of urea groups is 1. The quantitative estimate of drug-likeness (QED) is 0.112. The van der Waals surface area contributed by atoms with Gasteiger partial charge >= 0.3 is 12.0 Å². The molecule has 1 aliphatic heterocycles. The zero-order chi connectivity index (χ0) is 39.3. The highest BCUT2D eigenvalue weighted by Gasteiger charge is 2.36. The fourth-order valence-corrected chi connectivity index (χ4v) is 7.05. The number of hydrogen-bond acceptors (Lipinski definition) is 6. The first-order valence-corrected chi connectivity index (χ1v) is 19.1. The molecule has 0 radical (unpaired) electrons. The van der Waals surface area contributed by atoms with Crippen LogP contribution >= 0.6 is 0 Å². The van der Waals surface area contributed by atoms with Gasteiger partial charge in [0.1, 0.15) is 24.2 Å². The summed E-state index contributed by atoms with van der Waals surface area (Å²) in [6.07, 6.45) is 7.72. The van der Waals surface area contributed by atoms with Crippen LogP contribution in [0.3, 0.4) is 0 Å².